The third-order valence-electron chi connectivity index (χ3n) is 7.07. The minimum atomic E-state index is -0.359. The maximum absolute atomic E-state index is 13.2. The predicted molar refractivity (Wildman–Crippen MR) is 115 cm³/mol. The van der Waals surface area contributed by atoms with Gasteiger partial charge in [-0.15, -0.1) is 0 Å². The third kappa shape index (κ3) is 3.53. The highest BCUT2D eigenvalue weighted by Gasteiger charge is 2.56. The molecule has 7 nitrogen and oxygen atoms in total. The number of rotatable bonds is 5. The first-order valence-corrected chi connectivity index (χ1v) is 11.0. The topological polar surface area (TPSA) is 75.0 Å². The van der Waals surface area contributed by atoms with Crippen molar-refractivity contribution in [2.45, 2.75) is 38.4 Å². The average molecular weight is 416 g/mol. The Morgan fingerprint density at radius 3 is 2.67 bits per heavy atom. The number of hydrogen-bond acceptors (Lipinski definition) is 5. The van der Waals surface area contributed by atoms with Crippen LogP contribution in [0, 0.1) is 17.8 Å². The molecule has 0 aliphatic carbocycles. The number of aromatic nitrogens is 1. The van der Waals surface area contributed by atoms with E-state index in [1.807, 2.05) is 35.8 Å². The first kappa shape index (κ1) is 21.3. The lowest BCUT2D eigenvalue weighted by Crippen LogP contribution is -2.49. The summed E-state index contributed by atoms with van der Waals surface area (Å²) >= 11 is 0. The highest BCUT2D eigenvalue weighted by molar-refractivity contribution is 5.82. The minimum absolute atomic E-state index is 0.0122. The molecule has 0 radical (unpaired) electrons. The second kappa shape index (κ2) is 8.65. The molecule has 4 heterocycles. The van der Waals surface area contributed by atoms with E-state index in [0.29, 0.717) is 18.0 Å². The minimum Gasteiger partial charge on any atom is -0.396 e. The Labute approximate surface area is 177 Å². The summed E-state index contributed by atoms with van der Waals surface area (Å²) in [6, 6.07) is 3.54. The van der Waals surface area contributed by atoms with Crippen LogP contribution in [0.25, 0.3) is 6.08 Å². The normalized spacial score (nSPS) is 29.3. The summed E-state index contributed by atoms with van der Waals surface area (Å²) in [4.78, 5) is 30.1. The summed E-state index contributed by atoms with van der Waals surface area (Å²) in [6.45, 7) is 4.70. The van der Waals surface area contributed by atoms with Crippen molar-refractivity contribution in [3.05, 3.63) is 39.8 Å². The van der Waals surface area contributed by atoms with Crippen LogP contribution in [0.4, 0.5) is 0 Å². The summed E-state index contributed by atoms with van der Waals surface area (Å²) in [5.41, 5.74) is 1.66. The van der Waals surface area contributed by atoms with E-state index in [-0.39, 0.29) is 42.0 Å². The van der Waals surface area contributed by atoms with Crippen LogP contribution in [-0.4, -0.2) is 71.9 Å². The number of nitrogens with zero attached hydrogens (tertiary/aromatic N) is 3. The van der Waals surface area contributed by atoms with Gasteiger partial charge in [-0.1, -0.05) is 12.2 Å². The van der Waals surface area contributed by atoms with E-state index in [9.17, 15) is 14.7 Å². The molecule has 0 unspecified atom stereocenters. The highest BCUT2D eigenvalue weighted by atomic mass is 16.5. The van der Waals surface area contributed by atoms with Gasteiger partial charge in [-0.2, -0.15) is 0 Å². The molecule has 30 heavy (non-hydrogen) atoms. The molecule has 1 N–H and O–H groups in total. The van der Waals surface area contributed by atoms with Crippen molar-refractivity contribution in [1.82, 2.24) is 14.4 Å². The molecule has 2 fully saturated rings. The molecular weight excluding hydrogens is 382 g/mol. The van der Waals surface area contributed by atoms with Crippen molar-refractivity contribution in [1.29, 1.82) is 0 Å². The predicted octanol–water partition coefficient (Wildman–Crippen LogP) is 1.36. The SMILES string of the molecule is C/C=C/c1ccc2n(c1=O)C[C@@H]1[C@@H](CO)[C@H](C(=O)N(C)C)N(CC3CCOCC3)[C@H]21. The van der Waals surface area contributed by atoms with Gasteiger partial charge in [-0.05, 0) is 37.8 Å². The Morgan fingerprint density at radius 1 is 1.30 bits per heavy atom. The van der Waals surface area contributed by atoms with Crippen molar-refractivity contribution in [2.24, 2.45) is 17.8 Å². The molecule has 1 aromatic heterocycles. The van der Waals surface area contributed by atoms with Gasteiger partial charge in [-0.3, -0.25) is 14.5 Å². The van der Waals surface area contributed by atoms with E-state index < -0.39 is 0 Å². The number of amides is 1. The van der Waals surface area contributed by atoms with E-state index in [1.165, 1.54) is 0 Å². The second-order valence-electron chi connectivity index (χ2n) is 9.01. The molecule has 7 heteroatoms. The fourth-order valence-corrected chi connectivity index (χ4v) is 5.61. The van der Waals surface area contributed by atoms with E-state index in [0.717, 1.165) is 38.3 Å². The van der Waals surface area contributed by atoms with Gasteiger partial charge in [0.05, 0.1) is 12.1 Å². The van der Waals surface area contributed by atoms with Crippen LogP contribution >= 0.6 is 0 Å². The van der Waals surface area contributed by atoms with Gasteiger partial charge in [0.15, 0.2) is 0 Å². The maximum atomic E-state index is 13.2. The largest absolute Gasteiger partial charge is 0.396 e. The highest BCUT2D eigenvalue weighted by Crippen LogP contribution is 2.50. The number of carbonyl (C=O) groups excluding carboxylic acids is 1. The zero-order valence-electron chi connectivity index (χ0n) is 18.2. The zero-order chi connectivity index (χ0) is 21.4. The van der Waals surface area contributed by atoms with Crippen molar-refractivity contribution >= 4 is 12.0 Å². The van der Waals surface area contributed by atoms with Gasteiger partial charge in [-0.25, -0.2) is 0 Å². The van der Waals surface area contributed by atoms with Crippen LogP contribution in [0.3, 0.4) is 0 Å². The molecule has 2 saturated heterocycles. The van der Waals surface area contributed by atoms with E-state index in [4.69, 9.17) is 4.74 Å². The standard InChI is InChI=1S/C23H33N3O4/c1-4-5-16-6-7-19-20-17(13-25(19)22(16)28)18(14-27)21(23(29)24(2)3)26(20)12-15-8-10-30-11-9-15/h4-7,15,17-18,20-21,27H,8-14H2,1-3H3/b5-4+/t17-,18-,20+,21-/m1/s1. The van der Waals surface area contributed by atoms with Gasteiger partial charge >= 0.3 is 0 Å². The van der Waals surface area contributed by atoms with E-state index >= 15 is 0 Å². The lowest BCUT2D eigenvalue weighted by atomic mass is 9.88. The van der Waals surface area contributed by atoms with Gasteiger partial charge in [0.2, 0.25) is 5.91 Å². The molecule has 3 aliphatic heterocycles. The van der Waals surface area contributed by atoms with Crippen molar-refractivity contribution < 1.29 is 14.6 Å². The molecule has 4 rings (SSSR count). The monoisotopic (exact) mass is 415 g/mol. The van der Waals surface area contributed by atoms with Crippen LogP contribution in [0.2, 0.25) is 0 Å². The molecule has 3 aliphatic rings. The average Bonchev–Trinajstić information content (AvgIpc) is 3.26. The van der Waals surface area contributed by atoms with Crippen LogP contribution in [-0.2, 0) is 16.1 Å². The molecular formula is C23H33N3O4. The van der Waals surface area contributed by atoms with E-state index in [1.54, 1.807) is 19.0 Å². The Kier molecular flexibility index (Phi) is 6.14. The van der Waals surface area contributed by atoms with Crippen LogP contribution in [0.1, 0.15) is 37.1 Å². The van der Waals surface area contributed by atoms with Crippen LogP contribution in [0.15, 0.2) is 23.0 Å². The smallest absolute Gasteiger partial charge is 0.258 e. The lowest BCUT2D eigenvalue weighted by Gasteiger charge is -2.35. The number of fused-ring (bicyclic) bond motifs is 3. The molecule has 164 valence electrons. The van der Waals surface area contributed by atoms with E-state index in [2.05, 4.69) is 4.90 Å². The first-order valence-electron chi connectivity index (χ1n) is 11.0. The number of ether oxygens (including phenoxy) is 1. The number of allylic oxidation sites excluding steroid dienone is 1. The fourth-order valence-electron chi connectivity index (χ4n) is 5.61. The van der Waals surface area contributed by atoms with Crippen molar-refractivity contribution in [3.63, 3.8) is 0 Å². The lowest BCUT2D eigenvalue weighted by molar-refractivity contribution is -0.136. The summed E-state index contributed by atoms with van der Waals surface area (Å²) in [5.74, 6) is 0.360. The summed E-state index contributed by atoms with van der Waals surface area (Å²) in [6.07, 6.45) is 5.67. The summed E-state index contributed by atoms with van der Waals surface area (Å²) in [5, 5.41) is 10.3. The zero-order valence-corrected chi connectivity index (χ0v) is 18.2. The van der Waals surface area contributed by atoms with Crippen LogP contribution in [0.5, 0.6) is 0 Å². The third-order valence-corrected chi connectivity index (χ3v) is 7.07. The number of carbonyl (C=O) groups is 1. The van der Waals surface area contributed by atoms with Gasteiger partial charge in [0.1, 0.15) is 0 Å². The summed E-state index contributed by atoms with van der Waals surface area (Å²) in [7, 11) is 3.55. The van der Waals surface area contributed by atoms with Gasteiger partial charge < -0.3 is 19.3 Å². The Balaban J connectivity index is 1.75. The number of likely N-dealkylation sites (N-methyl/N-ethyl adjacent to an activating group) is 1. The fraction of sp³-hybridized carbons (Fsp3) is 0.652. The molecule has 0 bridgehead atoms. The second-order valence-corrected chi connectivity index (χ2v) is 9.01. The maximum Gasteiger partial charge on any atom is 0.258 e. The van der Waals surface area contributed by atoms with Gasteiger partial charge in [0, 0.05) is 70.1 Å². The molecule has 0 aromatic carbocycles. The van der Waals surface area contributed by atoms with Crippen molar-refractivity contribution in [2.75, 3.05) is 40.5 Å². The molecule has 4 atom stereocenters. The van der Waals surface area contributed by atoms with Gasteiger partial charge in [0.25, 0.3) is 5.56 Å². The molecule has 1 aromatic rings. The number of aliphatic hydroxyl groups is 1. The summed E-state index contributed by atoms with van der Waals surface area (Å²) < 4.78 is 7.39. The number of hydrogen-bond donors (Lipinski definition) is 1. The quantitative estimate of drug-likeness (QED) is 0.786. The Morgan fingerprint density at radius 2 is 2.03 bits per heavy atom. The van der Waals surface area contributed by atoms with Crippen molar-refractivity contribution in [3.8, 4) is 0 Å². The molecule has 0 spiro atoms. The molecule has 0 saturated carbocycles. The Bertz CT molecular complexity index is 872. The number of pyridine rings is 1. The Hall–Kier alpha value is -1.96. The first-order chi connectivity index (χ1) is 14.5. The molecule has 1 amide bonds. The number of likely N-dealkylation sites (tertiary alicyclic amines) is 1. The van der Waals surface area contributed by atoms with Crippen LogP contribution < -0.4 is 5.56 Å². The number of aliphatic hydroxyl groups excluding tert-OH is 1.